The summed E-state index contributed by atoms with van der Waals surface area (Å²) in [6, 6.07) is 0. The van der Waals surface area contributed by atoms with Crippen LogP contribution in [0.3, 0.4) is 0 Å². The molecule has 0 amide bonds. The summed E-state index contributed by atoms with van der Waals surface area (Å²) in [6.07, 6.45) is 69.8. The summed E-state index contributed by atoms with van der Waals surface area (Å²) in [5, 5.41) is 0. The molecule has 1 atom stereocenters. The van der Waals surface area contributed by atoms with Gasteiger partial charge >= 0.3 is 17.9 Å². The second-order valence-electron chi connectivity index (χ2n) is 17.4. The lowest BCUT2D eigenvalue weighted by molar-refractivity contribution is -0.166. The molecule has 0 bridgehead atoms. The van der Waals surface area contributed by atoms with E-state index in [1.54, 1.807) is 0 Å². The SMILES string of the molecule is CC/C=C\C/C=C\C/C=C\C/C=C\C/C=C\CCC(=O)OC(COC(=O)CCCCC/C=C\CCCCCCCC)COC(=O)CCCCCCC/C=C\C=C/CCCCCCCCC. The minimum Gasteiger partial charge on any atom is -0.462 e. The van der Waals surface area contributed by atoms with Gasteiger partial charge in [0.05, 0.1) is 0 Å². The summed E-state index contributed by atoms with van der Waals surface area (Å²) in [4.78, 5) is 38.0. The van der Waals surface area contributed by atoms with Crippen molar-refractivity contribution < 1.29 is 28.6 Å². The molecule has 0 heterocycles. The molecule has 370 valence electrons. The van der Waals surface area contributed by atoms with Gasteiger partial charge in [-0.25, -0.2) is 0 Å². The van der Waals surface area contributed by atoms with E-state index >= 15 is 0 Å². The maximum absolute atomic E-state index is 12.8. The Kier molecular flexibility index (Phi) is 50.0. The minimum absolute atomic E-state index is 0.121. The predicted molar refractivity (Wildman–Crippen MR) is 279 cm³/mol. The van der Waals surface area contributed by atoms with Gasteiger partial charge in [0.25, 0.3) is 0 Å². The Morgan fingerprint density at radius 2 is 0.677 bits per heavy atom. The predicted octanol–water partition coefficient (Wildman–Crippen LogP) is 17.8. The van der Waals surface area contributed by atoms with Crippen LogP contribution in [-0.2, 0) is 28.6 Å². The highest BCUT2D eigenvalue weighted by atomic mass is 16.6. The Morgan fingerprint density at radius 3 is 1.11 bits per heavy atom. The van der Waals surface area contributed by atoms with Crippen LogP contribution in [0, 0.1) is 0 Å². The summed E-state index contributed by atoms with van der Waals surface area (Å²) < 4.78 is 16.7. The number of ether oxygens (including phenoxy) is 3. The molecule has 6 nitrogen and oxygen atoms in total. The van der Waals surface area contributed by atoms with Gasteiger partial charge in [0.1, 0.15) is 13.2 Å². The molecule has 0 aromatic heterocycles. The van der Waals surface area contributed by atoms with E-state index in [0.29, 0.717) is 19.3 Å². The van der Waals surface area contributed by atoms with E-state index in [2.05, 4.69) is 106 Å². The standard InChI is InChI=1S/C59H98O6/c1-4-7-10-13-16-19-22-25-27-29-30-32-34-37-40-43-46-49-52-58(61)64-55-56(54-63-57(60)51-48-45-42-39-36-33-24-21-18-15-12-9-6-3)65-59(62)53-50-47-44-41-38-35-31-28-26-23-20-17-14-11-8-5-2/h8,11,17,20,26-30,32-33,35-36,38,44,47,56H,4-7,9-10,12-16,18-19,21-25,31,34,37,39-43,45-46,48-55H2,1-3H3/b11-8-,20-17-,28-26-,29-27-,32-30-,36-33-,38-35-,47-44-. The van der Waals surface area contributed by atoms with E-state index < -0.39 is 12.1 Å². The van der Waals surface area contributed by atoms with Crippen molar-refractivity contribution in [3.05, 3.63) is 97.2 Å². The average molecular weight is 903 g/mol. The first kappa shape index (κ1) is 61.3. The first-order chi connectivity index (χ1) is 32.0. The van der Waals surface area contributed by atoms with E-state index in [9.17, 15) is 14.4 Å². The van der Waals surface area contributed by atoms with E-state index in [0.717, 1.165) is 103 Å². The van der Waals surface area contributed by atoms with Crippen LogP contribution in [0.15, 0.2) is 97.2 Å². The maximum atomic E-state index is 12.8. The van der Waals surface area contributed by atoms with Gasteiger partial charge in [-0.2, -0.15) is 0 Å². The highest BCUT2D eigenvalue weighted by Gasteiger charge is 2.19. The van der Waals surface area contributed by atoms with Crippen LogP contribution in [0.1, 0.15) is 239 Å². The first-order valence-corrected chi connectivity index (χ1v) is 26.8. The highest BCUT2D eigenvalue weighted by molar-refractivity contribution is 5.71. The van der Waals surface area contributed by atoms with Crippen molar-refractivity contribution in [2.24, 2.45) is 0 Å². The van der Waals surface area contributed by atoms with Gasteiger partial charge in [-0.3, -0.25) is 14.4 Å². The Hall–Kier alpha value is -3.67. The topological polar surface area (TPSA) is 78.9 Å². The van der Waals surface area contributed by atoms with Crippen LogP contribution in [0.5, 0.6) is 0 Å². The fraction of sp³-hybridized carbons (Fsp3) is 0.678. The van der Waals surface area contributed by atoms with Crippen molar-refractivity contribution in [3.63, 3.8) is 0 Å². The molecule has 0 aromatic carbocycles. The van der Waals surface area contributed by atoms with Crippen molar-refractivity contribution in [1.82, 2.24) is 0 Å². The molecular weight excluding hydrogens is 805 g/mol. The fourth-order valence-electron chi connectivity index (χ4n) is 7.06. The largest absolute Gasteiger partial charge is 0.462 e. The first-order valence-electron chi connectivity index (χ1n) is 26.8. The quantitative estimate of drug-likeness (QED) is 0.0199. The van der Waals surface area contributed by atoms with Crippen molar-refractivity contribution in [2.75, 3.05) is 13.2 Å². The molecule has 65 heavy (non-hydrogen) atoms. The zero-order valence-corrected chi connectivity index (χ0v) is 42.2. The number of rotatable bonds is 47. The van der Waals surface area contributed by atoms with E-state index in [-0.39, 0.29) is 31.6 Å². The lowest BCUT2D eigenvalue weighted by atomic mass is 10.1. The number of hydrogen-bond acceptors (Lipinski definition) is 6. The number of carbonyl (C=O) groups is 3. The normalized spacial score (nSPS) is 12.8. The molecule has 0 aliphatic carbocycles. The van der Waals surface area contributed by atoms with Crippen LogP contribution in [0.2, 0.25) is 0 Å². The number of allylic oxidation sites excluding steroid dienone is 16. The van der Waals surface area contributed by atoms with Gasteiger partial charge in [0, 0.05) is 19.3 Å². The summed E-state index contributed by atoms with van der Waals surface area (Å²) in [6.45, 7) is 6.42. The molecule has 0 aromatic rings. The van der Waals surface area contributed by atoms with E-state index in [4.69, 9.17) is 14.2 Å². The highest BCUT2D eigenvalue weighted by Crippen LogP contribution is 2.13. The van der Waals surface area contributed by atoms with Gasteiger partial charge in [-0.15, -0.1) is 0 Å². The van der Waals surface area contributed by atoms with Gasteiger partial charge in [0.15, 0.2) is 6.10 Å². The Labute approximate surface area is 400 Å². The Balaban J connectivity index is 4.53. The third-order valence-electron chi connectivity index (χ3n) is 11.1. The van der Waals surface area contributed by atoms with Crippen molar-refractivity contribution in [3.8, 4) is 0 Å². The van der Waals surface area contributed by atoms with Crippen molar-refractivity contribution in [2.45, 2.75) is 245 Å². The number of carbonyl (C=O) groups excluding carboxylic acids is 3. The molecule has 6 heteroatoms. The maximum Gasteiger partial charge on any atom is 0.306 e. The molecule has 1 unspecified atom stereocenters. The second kappa shape index (κ2) is 52.9. The Morgan fingerprint density at radius 1 is 0.338 bits per heavy atom. The summed E-state index contributed by atoms with van der Waals surface area (Å²) in [5.41, 5.74) is 0. The lowest BCUT2D eigenvalue weighted by Gasteiger charge is -2.18. The monoisotopic (exact) mass is 903 g/mol. The summed E-state index contributed by atoms with van der Waals surface area (Å²) >= 11 is 0. The van der Waals surface area contributed by atoms with Gasteiger partial charge in [-0.1, -0.05) is 214 Å². The smallest absolute Gasteiger partial charge is 0.306 e. The molecular formula is C59H98O6. The molecule has 0 aliphatic heterocycles. The van der Waals surface area contributed by atoms with Gasteiger partial charge < -0.3 is 14.2 Å². The molecule has 0 spiro atoms. The van der Waals surface area contributed by atoms with Crippen LogP contribution in [-0.4, -0.2) is 37.2 Å². The zero-order valence-electron chi connectivity index (χ0n) is 42.2. The van der Waals surface area contributed by atoms with Crippen LogP contribution in [0.25, 0.3) is 0 Å². The molecule has 0 saturated heterocycles. The fourth-order valence-corrected chi connectivity index (χ4v) is 7.06. The molecule has 0 rings (SSSR count). The number of esters is 3. The Bertz CT molecular complexity index is 1310. The van der Waals surface area contributed by atoms with E-state index in [1.807, 2.05) is 12.2 Å². The third-order valence-corrected chi connectivity index (χ3v) is 11.1. The number of hydrogen-bond donors (Lipinski definition) is 0. The van der Waals surface area contributed by atoms with Crippen LogP contribution < -0.4 is 0 Å². The second-order valence-corrected chi connectivity index (χ2v) is 17.4. The van der Waals surface area contributed by atoms with Crippen molar-refractivity contribution in [1.29, 1.82) is 0 Å². The van der Waals surface area contributed by atoms with Crippen molar-refractivity contribution >= 4 is 17.9 Å². The summed E-state index contributed by atoms with van der Waals surface area (Å²) in [7, 11) is 0. The zero-order chi connectivity index (χ0) is 47.2. The molecule has 0 radical (unpaired) electrons. The summed E-state index contributed by atoms with van der Waals surface area (Å²) in [5.74, 6) is -1.04. The average Bonchev–Trinajstić information content (AvgIpc) is 3.30. The van der Waals surface area contributed by atoms with Gasteiger partial charge in [-0.05, 0) is 103 Å². The van der Waals surface area contributed by atoms with Crippen LogP contribution >= 0.6 is 0 Å². The molecule has 0 fully saturated rings. The van der Waals surface area contributed by atoms with Gasteiger partial charge in [0.2, 0.25) is 0 Å². The van der Waals surface area contributed by atoms with Crippen LogP contribution in [0.4, 0.5) is 0 Å². The lowest BCUT2D eigenvalue weighted by Crippen LogP contribution is -2.30. The molecule has 0 aliphatic rings. The molecule has 0 saturated carbocycles. The third kappa shape index (κ3) is 51.2. The minimum atomic E-state index is -0.830. The molecule has 0 N–H and O–H groups in total. The number of unbranched alkanes of at least 4 members (excludes halogenated alkanes) is 21. The van der Waals surface area contributed by atoms with E-state index in [1.165, 1.54) is 89.9 Å².